The number of aryl methyl sites for hydroxylation is 3. The molecule has 3 heterocycles. The average molecular weight is 348 g/mol. The Morgan fingerprint density at radius 1 is 1.12 bits per heavy atom. The zero-order valence-corrected chi connectivity index (χ0v) is 15.5. The van der Waals surface area contributed by atoms with Crippen molar-refractivity contribution in [3.63, 3.8) is 0 Å². The molecular weight excluding hydrogens is 323 g/mol. The van der Waals surface area contributed by atoms with Gasteiger partial charge in [-0.3, -0.25) is 4.90 Å². The average Bonchev–Trinajstić information content (AvgIpc) is 3.04. The molecule has 2 nitrogen and oxygen atoms in total. The van der Waals surface area contributed by atoms with Crippen LogP contribution in [0.25, 0.3) is 10.9 Å². The molecule has 0 amide bonds. The molecule has 2 aliphatic heterocycles. The summed E-state index contributed by atoms with van der Waals surface area (Å²) in [5.41, 5.74) is 6.47. The van der Waals surface area contributed by atoms with Crippen molar-refractivity contribution < 1.29 is 4.39 Å². The highest BCUT2D eigenvalue weighted by molar-refractivity contribution is 5.87. The fraction of sp³-hybridized carbons (Fsp3) is 0.391. The molecule has 0 radical (unpaired) electrons. The first-order chi connectivity index (χ1) is 12.6. The van der Waals surface area contributed by atoms with Crippen LogP contribution in [0.5, 0.6) is 0 Å². The van der Waals surface area contributed by atoms with E-state index in [-0.39, 0.29) is 5.82 Å². The van der Waals surface area contributed by atoms with E-state index in [4.69, 9.17) is 0 Å². The molecule has 0 spiro atoms. The van der Waals surface area contributed by atoms with E-state index in [0.29, 0.717) is 12.1 Å². The van der Waals surface area contributed by atoms with Gasteiger partial charge in [0.2, 0.25) is 0 Å². The highest BCUT2D eigenvalue weighted by atomic mass is 19.1. The maximum Gasteiger partial charge on any atom is 0.126 e. The molecule has 1 aromatic heterocycles. The Bertz CT molecular complexity index is 987. The maximum absolute atomic E-state index is 14.1. The van der Waals surface area contributed by atoms with Crippen LogP contribution in [-0.4, -0.2) is 22.6 Å². The minimum atomic E-state index is -0.0894. The maximum atomic E-state index is 14.1. The second kappa shape index (κ2) is 5.95. The molecule has 2 aromatic carbocycles. The number of halogens is 1. The summed E-state index contributed by atoms with van der Waals surface area (Å²) < 4.78 is 16.6. The number of nitrogens with zero attached hydrogens (tertiary/aromatic N) is 2. The number of rotatable bonds is 3. The Morgan fingerprint density at radius 2 is 1.96 bits per heavy atom. The van der Waals surface area contributed by atoms with Gasteiger partial charge >= 0.3 is 0 Å². The lowest BCUT2D eigenvalue weighted by atomic mass is 9.97. The number of benzene rings is 2. The van der Waals surface area contributed by atoms with Crippen LogP contribution in [0, 0.1) is 12.7 Å². The fourth-order valence-corrected chi connectivity index (χ4v) is 5.16. The summed E-state index contributed by atoms with van der Waals surface area (Å²) >= 11 is 0. The van der Waals surface area contributed by atoms with Crippen LogP contribution in [0.1, 0.15) is 41.3 Å². The van der Waals surface area contributed by atoms with Gasteiger partial charge in [0.05, 0.1) is 0 Å². The third-order valence-corrected chi connectivity index (χ3v) is 6.54. The van der Waals surface area contributed by atoms with Gasteiger partial charge < -0.3 is 4.57 Å². The molecule has 3 heteroatoms. The van der Waals surface area contributed by atoms with E-state index in [2.05, 4.69) is 41.6 Å². The zero-order chi connectivity index (χ0) is 17.8. The van der Waals surface area contributed by atoms with Gasteiger partial charge in [-0.1, -0.05) is 29.8 Å². The molecule has 0 aliphatic carbocycles. The van der Waals surface area contributed by atoms with Gasteiger partial charge in [-0.05, 0) is 62.6 Å². The molecule has 134 valence electrons. The van der Waals surface area contributed by atoms with Gasteiger partial charge in [-0.25, -0.2) is 4.39 Å². The van der Waals surface area contributed by atoms with Crippen molar-refractivity contribution in [1.29, 1.82) is 0 Å². The molecule has 2 unspecified atom stereocenters. The lowest BCUT2D eigenvalue weighted by Gasteiger charge is -2.32. The van der Waals surface area contributed by atoms with Crippen LogP contribution in [-0.2, 0) is 19.4 Å². The highest BCUT2D eigenvalue weighted by Crippen LogP contribution is 2.46. The van der Waals surface area contributed by atoms with Crippen LogP contribution in [0.3, 0.4) is 0 Å². The van der Waals surface area contributed by atoms with E-state index < -0.39 is 0 Å². The van der Waals surface area contributed by atoms with E-state index in [9.17, 15) is 4.39 Å². The van der Waals surface area contributed by atoms with Crippen LogP contribution < -0.4 is 0 Å². The van der Waals surface area contributed by atoms with E-state index in [1.165, 1.54) is 40.6 Å². The van der Waals surface area contributed by atoms with Crippen molar-refractivity contribution in [2.24, 2.45) is 0 Å². The van der Waals surface area contributed by atoms with Crippen molar-refractivity contribution in [2.45, 2.75) is 51.2 Å². The van der Waals surface area contributed by atoms with Crippen molar-refractivity contribution in [3.05, 3.63) is 70.7 Å². The topological polar surface area (TPSA) is 8.17 Å². The van der Waals surface area contributed by atoms with Gasteiger partial charge in [0.1, 0.15) is 5.82 Å². The normalized spacial score (nSPS) is 22.1. The Kier molecular flexibility index (Phi) is 3.68. The summed E-state index contributed by atoms with van der Waals surface area (Å²) in [6.07, 6.45) is 4.40. The van der Waals surface area contributed by atoms with Gasteiger partial charge in [0.15, 0.2) is 0 Å². The molecule has 2 bridgehead atoms. The van der Waals surface area contributed by atoms with E-state index in [1.54, 1.807) is 12.1 Å². The lowest BCUT2D eigenvalue weighted by molar-refractivity contribution is 0.222. The van der Waals surface area contributed by atoms with Crippen LogP contribution >= 0.6 is 0 Å². The van der Waals surface area contributed by atoms with Crippen LogP contribution in [0.2, 0.25) is 0 Å². The van der Waals surface area contributed by atoms with Crippen molar-refractivity contribution in [3.8, 4) is 0 Å². The number of hydrogen-bond acceptors (Lipinski definition) is 1. The number of aromatic nitrogens is 1. The number of fused-ring (bicyclic) bond motifs is 6. The second-order valence-corrected chi connectivity index (χ2v) is 7.99. The third-order valence-electron chi connectivity index (χ3n) is 6.54. The fourth-order valence-electron chi connectivity index (χ4n) is 5.16. The lowest BCUT2D eigenvalue weighted by Crippen LogP contribution is -2.34. The van der Waals surface area contributed by atoms with Gasteiger partial charge in [0, 0.05) is 41.6 Å². The molecule has 0 N–H and O–H groups in total. The Hall–Kier alpha value is -2.13. The van der Waals surface area contributed by atoms with Crippen LogP contribution in [0.15, 0.2) is 42.5 Å². The molecule has 26 heavy (non-hydrogen) atoms. The Morgan fingerprint density at radius 3 is 2.81 bits per heavy atom. The third kappa shape index (κ3) is 2.34. The molecule has 1 fully saturated rings. The summed E-state index contributed by atoms with van der Waals surface area (Å²) in [6.45, 7) is 3.02. The molecule has 2 atom stereocenters. The second-order valence-electron chi connectivity index (χ2n) is 7.99. The first kappa shape index (κ1) is 16.1. The molecule has 1 saturated heterocycles. The molecule has 5 rings (SSSR count). The van der Waals surface area contributed by atoms with Gasteiger partial charge in [-0.2, -0.15) is 0 Å². The van der Waals surface area contributed by atoms with Gasteiger partial charge in [0.25, 0.3) is 0 Å². The minimum Gasteiger partial charge on any atom is -0.344 e. The van der Waals surface area contributed by atoms with Crippen molar-refractivity contribution in [2.75, 3.05) is 7.05 Å². The standard InChI is InChI=1S/C23H25FN2/c1-15-7-9-20-18(13-15)23-21-10-8-17(25(21)2)14-22(23)26(20)12-11-16-5-3-4-6-19(16)24/h3-7,9,13,17,21H,8,10-12,14H2,1-2H3. The summed E-state index contributed by atoms with van der Waals surface area (Å²) in [7, 11) is 2.28. The molecule has 3 aromatic rings. The monoisotopic (exact) mass is 348 g/mol. The Balaban J connectivity index is 1.62. The predicted octanol–water partition coefficient (Wildman–Crippen LogP) is 5.02. The van der Waals surface area contributed by atoms with E-state index in [0.717, 1.165) is 24.9 Å². The number of likely N-dealkylation sites (N-methyl/N-ethyl adjacent to an activating group) is 1. The zero-order valence-electron chi connectivity index (χ0n) is 15.5. The number of hydrogen-bond donors (Lipinski definition) is 0. The predicted molar refractivity (Wildman–Crippen MR) is 104 cm³/mol. The minimum absolute atomic E-state index is 0.0894. The first-order valence-corrected chi connectivity index (χ1v) is 9.70. The summed E-state index contributed by atoms with van der Waals surface area (Å²) in [5, 5.41) is 1.41. The SMILES string of the molecule is Cc1ccc2c(c1)c1c(n2CCc2ccccc2F)CC2CCC1N2C. The molecular formula is C23H25FN2. The quantitative estimate of drug-likeness (QED) is 0.645. The summed E-state index contributed by atoms with van der Waals surface area (Å²) in [4.78, 5) is 2.57. The first-order valence-electron chi connectivity index (χ1n) is 9.70. The van der Waals surface area contributed by atoms with Gasteiger partial charge in [-0.15, -0.1) is 0 Å². The summed E-state index contributed by atoms with van der Waals surface area (Å²) in [6, 6.07) is 15.2. The summed E-state index contributed by atoms with van der Waals surface area (Å²) in [5.74, 6) is -0.0894. The largest absolute Gasteiger partial charge is 0.344 e. The van der Waals surface area contributed by atoms with E-state index >= 15 is 0 Å². The molecule has 0 saturated carbocycles. The van der Waals surface area contributed by atoms with E-state index in [1.807, 2.05) is 12.1 Å². The van der Waals surface area contributed by atoms with Crippen molar-refractivity contribution >= 4 is 10.9 Å². The highest BCUT2D eigenvalue weighted by Gasteiger charge is 2.40. The Labute approximate surface area is 154 Å². The molecule has 2 aliphatic rings. The van der Waals surface area contributed by atoms with Crippen molar-refractivity contribution in [1.82, 2.24) is 9.47 Å². The van der Waals surface area contributed by atoms with Crippen LogP contribution in [0.4, 0.5) is 4.39 Å². The smallest absolute Gasteiger partial charge is 0.126 e.